The number of benzene rings is 1. The normalized spacial score (nSPS) is 18.1. The van der Waals surface area contributed by atoms with Crippen LogP contribution in [0.4, 0.5) is 13.2 Å². The molecule has 0 bridgehead atoms. The Kier molecular flexibility index (Phi) is 3.22. The lowest BCUT2D eigenvalue weighted by molar-refractivity contribution is -0.136. The van der Waals surface area contributed by atoms with E-state index in [9.17, 15) is 13.2 Å². The summed E-state index contributed by atoms with van der Waals surface area (Å²) in [5.41, 5.74) is 0.273. The quantitative estimate of drug-likeness (QED) is 0.863. The number of aromatic nitrogens is 1. The zero-order valence-electron chi connectivity index (χ0n) is 10.1. The molecule has 1 fully saturated rings. The second-order valence-electron chi connectivity index (χ2n) is 4.77. The third-order valence-electron chi connectivity index (χ3n) is 3.56. The lowest BCUT2D eigenvalue weighted by Gasteiger charge is -2.21. The molecule has 2 nitrogen and oxygen atoms in total. The molecule has 102 valence electrons. The van der Waals surface area contributed by atoms with Crippen molar-refractivity contribution in [1.29, 1.82) is 0 Å². The van der Waals surface area contributed by atoms with Gasteiger partial charge in [0.1, 0.15) is 0 Å². The summed E-state index contributed by atoms with van der Waals surface area (Å²) in [6.07, 6.45) is -2.43. The standard InChI is InChI=1S/C13H13F3N2S/c14-13(15,16)10-3-1-2-9-11(18-19-12(9)10)8-4-6-17-7-5-8/h1-3,8,17H,4-7H2. The van der Waals surface area contributed by atoms with Crippen LogP contribution in [0, 0.1) is 0 Å². The molecule has 0 saturated carbocycles. The highest BCUT2D eigenvalue weighted by Crippen LogP contribution is 2.40. The third-order valence-corrected chi connectivity index (χ3v) is 4.47. The summed E-state index contributed by atoms with van der Waals surface area (Å²) in [5, 5.41) is 3.93. The highest BCUT2D eigenvalue weighted by atomic mass is 32.1. The number of alkyl halides is 3. The van der Waals surface area contributed by atoms with Crippen molar-refractivity contribution in [3.8, 4) is 0 Å². The number of piperidine rings is 1. The molecule has 3 rings (SSSR count). The molecule has 0 atom stereocenters. The summed E-state index contributed by atoms with van der Waals surface area (Å²) in [4.78, 5) is 0. The molecule has 0 spiro atoms. The molecule has 1 aromatic carbocycles. The highest BCUT2D eigenvalue weighted by molar-refractivity contribution is 7.13. The Hall–Kier alpha value is -1.14. The van der Waals surface area contributed by atoms with E-state index in [2.05, 4.69) is 9.69 Å². The second kappa shape index (κ2) is 4.76. The third kappa shape index (κ3) is 2.34. The zero-order chi connectivity index (χ0) is 13.5. The largest absolute Gasteiger partial charge is 0.417 e. The van der Waals surface area contributed by atoms with E-state index in [1.807, 2.05) is 0 Å². The topological polar surface area (TPSA) is 24.9 Å². The fourth-order valence-electron chi connectivity index (χ4n) is 2.59. The summed E-state index contributed by atoms with van der Waals surface area (Å²) in [5.74, 6) is 0.276. The van der Waals surface area contributed by atoms with E-state index in [0.29, 0.717) is 5.39 Å². The maximum Gasteiger partial charge on any atom is 0.417 e. The minimum absolute atomic E-state index is 0.267. The van der Waals surface area contributed by atoms with Crippen LogP contribution in [0.5, 0.6) is 0 Å². The molecule has 0 unspecified atom stereocenters. The number of rotatable bonds is 1. The Bertz CT molecular complexity index is 585. The monoisotopic (exact) mass is 286 g/mol. The van der Waals surface area contributed by atoms with E-state index in [4.69, 9.17) is 0 Å². The van der Waals surface area contributed by atoms with Crippen LogP contribution in [-0.4, -0.2) is 17.5 Å². The van der Waals surface area contributed by atoms with E-state index in [1.54, 1.807) is 6.07 Å². The number of fused-ring (bicyclic) bond motifs is 1. The van der Waals surface area contributed by atoms with Gasteiger partial charge in [-0.25, -0.2) is 0 Å². The van der Waals surface area contributed by atoms with Gasteiger partial charge in [-0.2, -0.15) is 17.5 Å². The molecule has 6 heteroatoms. The number of halogens is 3. The Morgan fingerprint density at radius 3 is 2.63 bits per heavy atom. The van der Waals surface area contributed by atoms with E-state index in [-0.39, 0.29) is 10.6 Å². The first kappa shape index (κ1) is 12.9. The van der Waals surface area contributed by atoms with Gasteiger partial charge >= 0.3 is 6.18 Å². The van der Waals surface area contributed by atoms with Crippen molar-refractivity contribution < 1.29 is 13.2 Å². The van der Waals surface area contributed by atoms with Gasteiger partial charge in [-0.1, -0.05) is 12.1 Å². The predicted molar refractivity (Wildman–Crippen MR) is 69.5 cm³/mol. The van der Waals surface area contributed by atoms with Gasteiger partial charge < -0.3 is 5.32 Å². The average Bonchev–Trinajstić information content (AvgIpc) is 2.82. The molecule has 0 radical (unpaired) electrons. The van der Waals surface area contributed by atoms with Crippen molar-refractivity contribution in [1.82, 2.24) is 9.69 Å². The first-order valence-corrected chi connectivity index (χ1v) is 7.01. The van der Waals surface area contributed by atoms with Crippen LogP contribution < -0.4 is 5.32 Å². The van der Waals surface area contributed by atoms with Crippen molar-refractivity contribution in [2.45, 2.75) is 24.9 Å². The molecule has 2 aromatic rings. The highest BCUT2D eigenvalue weighted by Gasteiger charge is 2.34. The van der Waals surface area contributed by atoms with E-state index in [1.165, 1.54) is 6.07 Å². The fraction of sp³-hybridized carbons (Fsp3) is 0.462. The Morgan fingerprint density at radius 2 is 1.95 bits per heavy atom. The smallest absolute Gasteiger partial charge is 0.317 e. The molecular formula is C13H13F3N2S. The van der Waals surface area contributed by atoms with Gasteiger partial charge in [0.15, 0.2) is 0 Å². The van der Waals surface area contributed by atoms with Gasteiger partial charge in [0.05, 0.1) is 16.0 Å². The van der Waals surface area contributed by atoms with Crippen LogP contribution in [0.3, 0.4) is 0 Å². The minimum Gasteiger partial charge on any atom is -0.317 e. The van der Waals surface area contributed by atoms with Gasteiger partial charge in [-0.05, 0) is 43.5 Å². The first-order valence-electron chi connectivity index (χ1n) is 6.23. The second-order valence-corrected chi connectivity index (χ2v) is 5.55. The van der Waals surface area contributed by atoms with Crippen LogP contribution in [0.15, 0.2) is 18.2 Å². The molecule has 1 aliphatic heterocycles. The Balaban J connectivity index is 2.08. The van der Waals surface area contributed by atoms with Crippen LogP contribution in [0.2, 0.25) is 0 Å². The summed E-state index contributed by atoms with van der Waals surface area (Å²) in [7, 11) is 0. The van der Waals surface area contributed by atoms with Gasteiger partial charge in [0.2, 0.25) is 0 Å². The maximum atomic E-state index is 12.9. The molecule has 1 N–H and O–H groups in total. The van der Waals surface area contributed by atoms with Crippen molar-refractivity contribution in [3.63, 3.8) is 0 Å². The van der Waals surface area contributed by atoms with Gasteiger partial charge in [-0.3, -0.25) is 0 Å². The lowest BCUT2D eigenvalue weighted by Crippen LogP contribution is -2.26. The summed E-state index contributed by atoms with van der Waals surface area (Å²) < 4.78 is 43.4. The van der Waals surface area contributed by atoms with Gasteiger partial charge in [-0.15, -0.1) is 0 Å². The van der Waals surface area contributed by atoms with E-state index < -0.39 is 11.7 Å². The number of nitrogens with zero attached hydrogens (tertiary/aromatic N) is 1. The minimum atomic E-state index is -4.31. The summed E-state index contributed by atoms with van der Waals surface area (Å²) in [6, 6.07) is 4.36. The molecule has 1 saturated heterocycles. The number of nitrogens with one attached hydrogen (secondary N) is 1. The molecule has 1 aromatic heterocycles. The average molecular weight is 286 g/mol. The van der Waals surface area contributed by atoms with Crippen LogP contribution in [0.25, 0.3) is 10.1 Å². The molecule has 1 aliphatic rings. The van der Waals surface area contributed by atoms with Crippen LogP contribution in [0.1, 0.15) is 30.0 Å². The van der Waals surface area contributed by atoms with E-state index in [0.717, 1.165) is 49.2 Å². The van der Waals surface area contributed by atoms with Crippen molar-refractivity contribution >= 4 is 21.6 Å². The summed E-state index contributed by atoms with van der Waals surface area (Å²) in [6.45, 7) is 1.81. The number of hydrogen-bond acceptors (Lipinski definition) is 3. The molecular weight excluding hydrogens is 273 g/mol. The summed E-state index contributed by atoms with van der Waals surface area (Å²) >= 11 is 0.971. The van der Waals surface area contributed by atoms with Gasteiger partial charge in [0.25, 0.3) is 0 Å². The van der Waals surface area contributed by atoms with Crippen LogP contribution >= 0.6 is 11.5 Å². The SMILES string of the molecule is FC(F)(F)c1cccc2c(C3CCNCC3)nsc12. The predicted octanol–water partition coefficient (Wildman–Crippen LogP) is 3.78. The van der Waals surface area contributed by atoms with Crippen molar-refractivity contribution in [2.24, 2.45) is 0 Å². The number of hydrogen-bond donors (Lipinski definition) is 1. The molecule has 19 heavy (non-hydrogen) atoms. The van der Waals surface area contributed by atoms with Crippen molar-refractivity contribution in [3.05, 3.63) is 29.5 Å². The molecule has 0 amide bonds. The van der Waals surface area contributed by atoms with Gasteiger partial charge in [0, 0.05) is 11.3 Å². The first-order chi connectivity index (χ1) is 9.07. The zero-order valence-corrected chi connectivity index (χ0v) is 10.9. The Labute approximate surface area is 112 Å². The lowest BCUT2D eigenvalue weighted by atomic mass is 9.92. The Morgan fingerprint density at radius 1 is 1.21 bits per heavy atom. The van der Waals surface area contributed by atoms with Crippen molar-refractivity contribution in [2.75, 3.05) is 13.1 Å². The molecule has 2 heterocycles. The maximum absolute atomic E-state index is 12.9. The molecule has 0 aliphatic carbocycles. The fourth-order valence-corrected chi connectivity index (χ4v) is 3.58. The van der Waals surface area contributed by atoms with E-state index >= 15 is 0 Å². The van der Waals surface area contributed by atoms with Crippen LogP contribution in [-0.2, 0) is 6.18 Å².